The number of hydrogen-bond acceptors (Lipinski definition) is 6. The van der Waals surface area contributed by atoms with Gasteiger partial charge in [-0.3, -0.25) is 4.72 Å². The van der Waals surface area contributed by atoms with Crippen molar-refractivity contribution < 1.29 is 13.2 Å². The lowest BCUT2D eigenvalue weighted by atomic mass is 10.2. The first-order chi connectivity index (χ1) is 10.0. The maximum atomic E-state index is 12.2. The molecular formula is C13H12N2O3S3. The zero-order chi connectivity index (χ0) is 15.0. The Hall–Kier alpha value is -1.64. The highest BCUT2D eigenvalue weighted by Crippen LogP contribution is 2.35. The number of rotatable bonds is 4. The molecule has 8 heteroatoms. The van der Waals surface area contributed by atoms with Gasteiger partial charge < -0.3 is 4.74 Å². The molecule has 2 heterocycles. The van der Waals surface area contributed by atoms with Crippen LogP contribution in [0, 0.1) is 6.92 Å². The van der Waals surface area contributed by atoms with Crippen LogP contribution in [-0.4, -0.2) is 20.5 Å². The van der Waals surface area contributed by atoms with Crippen LogP contribution in [0.25, 0.3) is 10.2 Å². The molecule has 3 rings (SSSR count). The summed E-state index contributed by atoms with van der Waals surface area (Å²) < 4.78 is 33.4. The second-order valence-corrected chi connectivity index (χ2v) is 8.18. The van der Waals surface area contributed by atoms with Crippen LogP contribution < -0.4 is 9.46 Å². The predicted octanol–water partition coefficient (Wildman–Crippen LogP) is 3.48. The molecule has 21 heavy (non-hydrogen) atoms. The third-order valence-corrected chi connectivity index (χ3v) is 6.88. The van der Waals surface area contributed by atoms with Gasteiger partial charge in [-0.05, 0) is 30.0 Å². The van der Waals surface area contributed by atoms with Crippen molar-refractivity contribution in [2.45, 2.75) is 11.1 Å². The molecule has 0 fully saturated rings. The summed E-state index contributed by atoms with van der Waals surface area (Å²) in [7, 11) is -2.01. The number of benzene rings is 1. The van der Waals surface area contributed by atoms with Crippen LogP contribution >= 0.6 is 22.7 Å². The smallest absolute Gasteiger partial charge is 0.273 e. The molecule has 0 unspecified atom stereocenters. The minimum absolute atomic E-state index is 0.269. The number of thiazole rings is 1. The molecule has 0 saturated heterocycles. The van der Waals surface area contributed by atoms with E-state index >= 15 is 0 Å². The van der Waals surface area contributed by atoms with Crippen LogP contribution in [0.3, 0.4) is 0 Å². The van der Waals surface area contributed by atoms with E-state index in [2.05, 4.69) is 9.71 Å². The Balaban J connectivity index is 2.05. The highest BCUT2D eigenvalue weighted by atomic mass is 32.2. The fraction of sp³-hybridized carbons (Fsp3) is 0.154. The molecule has 110 valence electrons. The zero-order valence-corrected chi connectivity index (χ0v) is 13.7. The third-order valence-electron chi connectivity index (χ3n) is 2.90. The Morgan fingerprint density at radius 2 is 2.10 bits per heavy atom. The first-order valence-corrected chi connectivity index (χ1v) is 9.19. The largest absolute Gasteiger partial charge is 0.494 e. The lowest BCUT2D eigenvalue weighted by Gasteiger charge is -2.01. The monoisotopic (exact) mass is 340 g/mol. The van der Waals surface area contributed by atoms with Gasteiger partial charge in [-0.15, -0.1) is 11.3 Å². The molecule has 0 amide bonds. The fourth-order valence-electron chi connectivity index (χ4n) is 1.90. The van der Waals surface area contributed by atoms with Gasteiger partial charge in [-0.2, -0.15) is 0 Å². The van der Waals surface area contributed by atoms with E-state index in [-0.39, 0.29) is 4.21 Å². The molecule has 0 radical (unpaired) electrons. The Morgan fingerprint density at radius 1 is 1.29 bits per heavy atom. The van der Waals surface area contributed by atoms with Gasteiger partial charge in [0.1, 0.15) is 15.5 Å². The summed E-state index contributed by atoms with van der Waals surface area (Å²) in [5.41, 5.74) is 1.70. The molecule has 1 N–H and O–H groups in total. The molecule has 5 nitrogen and oxygen atoms in total. The average Bonchev–Trinajstić information content (AvgIpc) is 3.08. The van der Waals surface area contributed by atoms with E-state index in [9.17, 15) is 8.42 Å². The number of nitrogens with zero attached hydrogens (tertiary/aromatic N) is 1. The van der Waals surface area contributed by atoms with Gasteiger partial charge in [0.05, 0.1) is 11.8 Å². The number of methoxy groups -OCH3 is 1. The molecule has 0 bridgehead atoms. The minimum atomic E-state index is -3.57. The molecule has 0 aliphatic carbocycles. The quantitative estimate of drug-likeness (QED) is 0.789. The summed E-state index contributed by atoms with van der Waals surface area (Å²) in [6.07, 6.45) is 0. The average molecular weight is 340 g/mol. The number of anilines is 1. The van der Waals surface area contributed by atoms with Crippen molar-refractivity contribution in [2.24, 2.45) is 0 Å². The molecule has 0 aliphatic rings. The van der Waals surface area contributed by atoms with E-state index < -0.39 is 10.0 Å². The van der Waals surface area contributed by atoms with Crippen LogP contribution in [0.1, 0.15) is 5.56 Å². The highest BCUT2D eigenvalue weighted by Gasteiger charge is 2.19. The molecule has 1 aromatic carbocycles. The van der Waals surface area contributed by atoms with E-state index in [1.807, 2.05) is 19.1 Å². The van der Waals surface area contributed by atoms with Crippen LogP contribution in [0.4, 0.5) is 5.13 Å². The standard InChI is InChI=1S/C13H12N2O3S3/c1-8-5-6-9(18-2)11-12(8)20-13(14-11)15-21(16,17)10-4-3-7-19-10/h3-7H,1-2H3,(H,14,15). The fourth-order valence-corrected chi connectivity index (χ4v) is 5.08. The van der Waals surface area contributed by atoms with E-state index in [4.69, 9.17) is 4.74 Å². The van der Waals surface area contributed by atoms with Crippen molar-refractivity contribution in [1.82, 2.24) is 4.98 Å². The van der Waals surface area contributed by atoms with Crippen LogP contribution in [0.2, 0.25) is 0 Å². The summed E-state index contributed by atoms with van der Waals surface area (Å²) in [6.45, 7) is 1.96. The Bertz CT molecular complexity index is 883. The first kappa shape index (κ1) is 14.3. The molecule has 3 aromatic rings. The Kier molecular flexibility index (Phi) is 3.60. The number of sulfonamides is 1. The van der Waals surface area contributed by atoms with Gasteiger partial charge in [-0.25, -0.2) is 13.4 Å². The van der Waals surface area contributed by atoms with Crippen molar-refractivity contribution in [2.75, 3.05) is 11.8 Å². The normalized spacial score (nSPS) is 11.7. The third kappa shape index (κ3) is 2.61. The number of ether oxygens (including phenoxy) is 1. The topological polar surface area (TPSA) is 68.3 Å². The van der Waals surface area contributed by atoms with Crippen molar-refractivity contribution in [1.29, 1.82) is 0 Å². The van der Waals surface area contributed by atoms with Crippen molar-refractivity contribution in [3.8, 4) is 5.75 Å². The molecule has 0 saturated carbocycles. The minimum Gasteiger partial charge on any atom is -0.494 e. The summed E-state index contributed by atoms with van der Waals surface area (Å²) in [4.78, 5) is 4.35. The van der Waals surface area contributed by atoms with Gasteiger partial charge in [0.15, 0.2) is 5.13 Å². The van der Waals surface area contributed by atoms with Gasteiger partial charge in [0, 0.05) is 0 Å². The maximum absolute atomic E-state index is 12.2. The highest BCUT2D eigenvalue weighted by molar-refractivity contribution is 7.94. The first-order valence-electron chi connectivity index (χ1n) is 6.02. The number of fused-ring (bicyclic) bond motifs is 1. The second-order valence-electron chi connectivity index (χ2n) is 4.32. The van der Waals surface area contributed by atoms with Gasteiger partial charge in [0.25, 0.3) is 10.0 Å². The van der Waals surface area contributed by atoms with Crippen LogP contribution in [0.15, 0.2) is 33.9 Å². The number of hydrogen-bond donors (Lipinski definition) is 1. The van der Waals surface area contributed by atoms with Gasteiger partial charge in [-0.1, -0.05) is 23.5 Å². The van der Waals surface area contributed by atoms with Crippen molar-refractivity contribution in [3.63, 3.8) is 0 Å². The second kappa shape index (κ2) is 5.28. The van der Waals surface area contributed by atoms with Gasteiger partial charge in [0.2, 0.25) is 0 Å². The molecule has 2 aromatic heterocycles. The number of nitrogens with one attached hydrogen (secondary N) is 1. The molecular weight excluding hydrogens is 328 g/mol. The SMILES string of the molecule is COc1ccc(C)c2sc(NS(=O)(=O)c3cccs3)nc12. The summed E-state index contributed by atoms with van der Waals surface area (Å²) in [5, 5.41) is 2.06. The number of thiophene rings is 1. The maximum Gasteiger partial charge on any atom is 0.273 e. The molecule has 0 atom stereocenters. The zero-order valence-electron chi connectivity index (χ0n) is 11.3. The molecule has 0 spiro atoms. The van der Waals surface area contributed by atoms with Crippen molar-refractivity contribution >= 4 is 48.0 Å². The summed E-state index contributed by atoms with van der Waals surface area (Å²) in [6, 6.07) is 7.02. The summed E-state index contributed by atoms with van der Waals surface area (Å²) in [5.74, 6) is 0.633. The lowest BCUT2D eigenvalue weighted by Crippen LogP contribution is -2.10. The van der Waals surface area contributed by atoms with Crippen molar-refractivity contribution in [3.05, 3.63) is 35.2 Å². The lowest BCUT2D eigenvalue weighted by molar-refractivity contribution is 0.419. The Morgan fingerprint density at radius 3 is 2.76 bits per heavy atom. The predicted molar refractivity (Wildman–Crippen MR) is 86.0 cm³/mol. The molecule has 0 aliphatic heterocycles. The van der Waals surface area contributed by atoms with E-state index in [0.29, 0.717) is 16.4 Å². The summed E-state index contributed by atoms with van der Waals surface area (Å²) >= 11 is 2.47. The number of aromatic nitrogens is 1. The number of aryl methyl sites for hydroxylation is 1. The van der Waals surface area contributed by atoms with E-state index in [1.165, 1.54) is 22.7 Å². The van der Waals surface area contributed by atoms with Crippen LogP contribution in [-0.2, 0) is 10.0 Å². The van der Waals surface area contributed by atoms with Gasteiger partial charge >= 0.3 is 0 Å². The van der Waals surface area contributed by atoms with E-state index in [0.717, 1.165) is 10.3 Å². The van der Waals surface area contributed by atoms with Crippen LogP contribution in [0.5, 0.6) is 5.75 Å². The van der Waals surface area contributed by atoms with E-state index in [1.54, 1.807) is 24.6 Å². The Labute approximate surface area is 130 Å².